The highest BCUT2D eigenvalue weighted by atomic mass is 79.9. The molecule has 1 fully saturated rings. The molecule has 0 unspecified atom stereocenters. The van der Waals surface area contributed by atoms with Crippen molar-refractivity contribution >= 4 is 39.1 Å². The number of benzene rings is 1. The molecule has 134 valence electrons. The van der Waals surface area contributed by atoms with Crippen LogP contribution in [0.1, 0.15) is 31.6 Å². The number of fused-ring (bicyclic) bond motifs is 1. The minimum atomic E-state index is -1.34. The van der Waals surface area contributed by atoms with Crippen molar-refractivity contribution in [3.8, 4) is 0 Å². The van der Waals surface area contributed by atoms with Crippen LogP contribution in [0, 0.1) is 0 Å². The number of imidazole rings is 1. The van der Waals surface area contributed by atoms with E-state index in [1.165, 1.54) is 4.90 Å². The van der Waals surface area contributed by atoms with Crippen molar-refractivity contribution in [2.75, 3.05) is 6.54 Å². The lowest BCUT2D eigenvalue weighted by Gasteiger charge is -2.23. The molecule has 0 radical (unpaired) electrons. The second-order valence-electron chi connectivity index (χ2n) is 5.90. The molecule has 1 atom stereocenters. The fraction of sp³-hybridized carbons (Fsp3) is 0.278. The highest BCUT2D eigenvalue weighted by Gasteiger charge is 2.34. The maximum atomic E-state index is 12.7. The van der Waals surface area contributed by atoms with Gasteiger partial charge >= 0.3 is 6.09 Å². The first-order chi connectivity index (χ1) is 13.0. The molecule has 1 amide bonds. The fourth-order valence-corrected chi connectivity index (χ4v) is 3.97. The van der Waals surface area contributed by atoms with Gasteiger partial charge in [0.2, 0.25) is 0 Å². The number of hydrogen-bond donors (Lipinski definition) is 0. The topological polar surface area (TPSA) is 59.7 Å². The van der Waals surface area contributed by atoms with Crippen LogP contribution in [0.15, 0.2) is 47.3 Å². The van der Waals surface area contributed by atoms with Crippen molar-refractivity contribution in [3.05, 3.63) is 63.9 Å². The van der Waals surface area contributed by atoms with E-state index < -0.39 is 12.1 Å². The molecular formula is C18H16BrClN4O2. The van der Waals surface area contributed by atoms with Crippen molar-refractivity contribution in [2.45, 2.75) is 25.5 Å². The summed E-state index contributed by atoms with van der Waals surface area (Å²) < 4.78 is 16.7. The second kappa shape index (κ2) is 7.25. The minimum Gasteiger partial charge on any atom is -0.445 e. The number of rotatable bonds is 3. The van der Waals surface area contributed by atoms with Crippen LogP contribution in [0.5, 0.6) is 0 Å². The van der Waals surface area contributed by atoms with E-state index in [0.29, 0.717) is 35.3 Å². The maximum Gasteiger partial charge on any atom is 0.410 e. The Labute approximate surface area is 165 Å². The van der Waals surface area contributed by atoms with E-state index in [-0.39, 0.29) is 11.8 Å². The minimum absolute atomic E-state index is 0.161. The molecule has 1 aliphatic rings. The van der Waals surface area contributed by atoms with Gasteiger partial charge in [0.1, 0.15) is 22.6 Å². The molecule has 3 heterocycles. The number of hydrogen-bond acceptors (Lipinski definition) is 4. The standard InChI is InChI=1S/C18H16BrClN4O2/c19-15-14-16(20)21-8-10-24(14)17(22-15)13-7-4-9-23(13)18(25)26-11-12-5-2-1-3-6-12/h1-3,5-6,8,10,13H,4,7,9,11H2/t13-/m0/s1/i13D. The van der Waals surface area contributed by atoms with Crippen LogP contribution in [-0.4, -0.2) is 31.9 Å². The first kappa shape index (κ1) is 16.1. The van der Waals surface area contributed by atoms with E-state index in [2.05, 4.69) is 25.9 Å². The third-order valence-electron chi connectivity index (χ3n) is 4.27. The van der Waals surface area contributed by atoms with Crippen LogP contribution in [0.4, 0.5) is 4.79 Å². The molecule has 1 aromatic carbocycles. The van der Waals surface area contributed by atoms with Gasteiger partial charge in [0.05, 0.1) is 7.39 Å². The van der Waals surface area contributed by atoms with Gasteiger partial charge in [0.15, 0.2) is 5.15 Å². The van der Waals surface area contributed by atoms with Crippen LogP contribution >= 0.6 is 27.5 Å². The molecule has 2 aromatic heterocycles. The Balaban J connectivity index is 1.64. The maximum absolute atomic E-state index is 12.7. The molecule has 4 rings (SSSR count). The number of aromatic nitrogens is 3. The van der Waals surface area contributed by atoms with Crippen molar-refractivity contribution in [1.82, 2.24) is 19.3 Å². The Morgan fingerprint density at radius 1 is 1.42 bits per heavy atom. The van der Waals surface area contributed by atoms with Crippen LogP contribution in [-0.2, 0) is 11.3 Å². The van der Waals surface area contributed by atoms with Crippen LogP contribution in [0.25, 0.3) is 5.52 Å². The van der Waals surface area contributed by atoms with E-state index >= 15 is 0 Å². The molecule has 0 N–H and O–H groups in total. The van der Waals surface area contributed by atoms with Crippen LogP contribution < -0.4 is 0 Å². The lowest BCUT2D eigenvalue weighted by molar-refractivity contribution is 0.0908. The number of likely N-dealkylation sites (tertiary alicyclic amines) is 1. The lowest BCUT2D eigenvalue weighted by atomic mass is 10.2. The van der Waals surface area contributed by atoms with Crippen LogP contribution in [0.3, 0.4) is 0 Å². The Kier molecular flexibility index (Phi) is 4.48. The molecule has 0 spiro atoms. The third-order valence-corrected chi connectivity index (χ3v) is 5.10. The summed E-state index contributed by atoms with van der Waals surface area (Å²) in [5.74, 6) is 0.405. The van der Waals surface area contributed by atoms with Crippen LogP contribution in [0.2, 0.25) is 5.15 Å². The smallest absolute Gasteiger partial charge is 0.410 e. The van der Waals surface area contributed by atoms with Gasteiger partial charge in [-0.25, -0.2) is 14.8 Å². The average Bonchev–Trinajstić information content (AvgIpc) is 3.23. The van der Waals surface area contributed by atoms with Gasteiger partial charge in [-0.05, 0) is 34.3 Å². The first-order valence-electron chi connectivity index (χ1n) is 8.67. The second-order valence-corrected chi connectivity index (χ2v) is 7.01. The van der Waals surface area contributed by atoms with E-state index in [0.717, 1.165) is 5.56 Å². The molecular weight excluding hydrogens is 420 g/mol. The summed E-state index contributed by atoms with van der Waals surface area (Å²) in [6, 6.07) is 8.12. The molecule has 6 nitrogen and oxygen atoms in total. The number of nitrogens with zero attached hydrogens (tertiary/aromatic N) is 4. The van der Waals surface area contributed by atoms with Crippen molar-refractivity contribution in [1.29, 1.82) is 0 Å². The number of amides is 1. The normalized spacial score (nSPS) is 20.4. The quantitative estimate of drug-likeness (QED) is 0.601. The zero-order chi connectivity index (χ0) is 19.0. The van der Waals surface area contributed by atoms with Gasteiger partial charge in [0.25, 0.3) is 0 Å². The lowest BCUT2D eigenvalue weighted by Crippen LogP contribution is -2.32. The number of carbonyl (C=O) groups excluding carboxylic acids is 1. The van der Waals surface area contributed by atoms with E-state index in [1.807, 2.05) is 30.3 Å². The van der Waals surface area contributed by atoms with Gasteiger partial charge in [-0.1, -0.05) is 41.9 Å². The number of carbonyl (C=O) groups is 1. The fourth-order valence-electron chi connectivity index (χ4n) is 3.07. The summed E-state index contributed by atoms with van der Waals surface area (Å²) in [5.41, 5.74) is 1.47. The molecule has 8 heteroatoms. The Morgan fingerprint density at radius 2 is 2.23 bits per heavy atom. The summed E-state index contributed by atoms with van der Waals surface area (Å²) in [6.45, 7) is 0.594. The van der Waals surface area contributed by atoms with Gasteiger partial charge in [0, 0.05) is 18.9 Å². The Hall–Kier alpha value is -2.12. The molecule has 26 heavy (non-hydrogen) atoms. The highest BCUT2D eigenvalue weighted by Crippen LogP contribution is 2.35. The van der Waals surface area contributed by atoms with Gasteiger partial charge in [-0.3, -0.25) is 9.30 Å². The summed E-state index contributed by atoms with van der Waals surface area (Å²) >= 11 is 9.56. The van der Waals surface area contributed by atoms with Crippen molar-refractivity contribution < 1.29 is 10.9 Å². The predicted octanol–water partition coefficient (Wildman–Crippen LogP) is 4.62. The SMILES string of the molecule is [2H][C@@]1(c2nc(Br)c3c(Cl)nccn23)CCCN1C(=O)OCc1ccccc1. The summed E-state index contributed by atoms with van der Waals surface area (Å²) in [6.07, 6.45) is 3.85. The zero-order valence-corrected chi connectivity index (χ0v) is 16.1. The largest absolute Gasteiger partial charge is 0.445 e. The summed E-state index contributed by atoms with van der Waals surface area (Å²) in [5, 5.41) is 0.280. The molecule has 0 saturated carbocycles. The number of ether oxygens (including phenoxy) is 1. The monoisotopic (exact) mass is 435 g/mol. The summed E-state index contributed by atoms with van der Waals surface area (Å²) in [4.78, 5) is 22.7. The molecule has 3 aromatic rings. The molecule has 0 aliphatic carbocycles. The Bertz CT molecular complexity index is 1000. The van der Waals surface area contributed by atoms with Crippen molar-refractivity contribution in [3.63, 3.8) is 0 Å². The third kappa shape index (κ3) is 3.17. The van der Waals surface area contributed by atoms with E-state index in [1.54, 1.807) is 16.8 Å². The highest BCUT2D eigenvalue weighted by molar-refractivity contribution is 9.10. The van der Waals surface area contributed by atoms with Crippen molar-refractivity contribution in [2.24, 2.45) is 0 Å². The Morgan fingerprint density at radius 3 is 3.04 bits per heavy atom. The predicted molar refractivity (Wildman–Crippen MR) is 101 cm³/mol. The molecule has 0 bridgehead atoms. The van der Waals surface area contributed by atoms with Gasteiger partial charge in [-0.2, -0.15) is 0 Å². The number of halogens is 2. The zero-order valence-electron chi connectivity index (χ0n) is 14.7. The molecule has 1 saturated heterocycles. The molecule has 1 aliphatic heterocycles. The average molecular weight is 437 g/mol. The van der Waals surface area contributed by atoms with E-state index in [4.69, 9.17) is 17.7 Å². The first-order valence-corrected chi connectivity index (χ1v) is 9.34. The van der Waals surface area contributed by atoms with Gasteiger partial charge < -0.3 is 4.74 Å². The van der Waals surface area contributed by atoms with Gasteiger partial charge in [-0.15, -0.1) is 0 Å². The summed E-state index contributed by atoms with van der Waals surface area (Å²) in [7, 11) is 0. The van der Waals surface area contributed by atoms with E-state index in [9.17, 15) is 4.79 Å².